The number of nitrogen functional groups attached to an aromatic ring is 1. The fraction of sp³-hybridized carbons (Fsp3) is 0.0909. The zero-order chi connectivity index (χ0) is 18.6. The molecule has 2 N–H and O–H groups in total. The Morgan fingerprint density at radius 1 is 0.889 bits per heavy atom. The predicted octanol–water partition coefficient (Wildman–Crippen LogP) is 4.64. The molecule has 0 atom stereocenters. The van der Waals surface area contributed by atoms with Gasteiger partial charge in [0.25, 0.3) is 0 Å². The van der Waals surface area contributed by atoms with E-state index in [4.69, 9.17) is 10.5 Å². The van der Waals surface area contributed by atoms with Crippen LogP contribution in [-0.4, -0.2) is 17.0 Å². The van der Waals surface area contributed by atoms with E-state index in [1.54, 1.807) is 0 Å². The molecular formula is C22H20N4O. The number of rotatable bonds is 5. The lowest BCUT2D eigenvalue weighted by atomic mass is 10.1. The van der Waals surface area contributed by atoms with Crippen molar-refractivity contribution in [2.45, 2.75) is 6.54 Å². The predicted molar refractivity (Wildman–Crippen MR) is 109 cm³/mol. The van der Waals surface area contributed by atoms with E-state index in [0.717, 1.165) is 16.5 Å². The molecule has 0 amide bonds. The molecule has 4 rings (SSSR count). The molecule has 4 aromatic rings. The van der Waals surface area contributed by atoms with Crippen LogP contribution in [0.3, 0.4) is 0 Å². The van der Waals surface area contributed by atoms with Crippen molar-refractivity contribution in [3.05, 3.63) is 84.7 Å². The van der Waals surface area contributed by atoms with Gasteiger partial charge in [0, 0.05) is 19.0 Å². The van der Waals surface area contributed by atoms with Crippen LogP contribution < -0.4 is 15.4 Å². The van der Waals surface area contributed by atoms with Gasteiger partial charge < -0.3 is 15.4 Å². The third-order valence-electron chi connectivity index (χ3n) is 4.41. The van der Waals surface area contributed by atoms with Crippen LogP contribution in [-0.2, 0) is 6.54 Å². The van der Waals surface area contributed by atoms with Crippen molar-refractivity contribution in [1.82, 2.24) is 9.97 Å². The molecule has 0 bridgehead atoms. The minimum absolute atomic E-state index is 0.358. The number of ether oxygens (including phenoxy) is 1. The Kier molecular flexibility index (Phi) is 4.58. The number of anilines is 2. The zero-order valence-corrected chi connectivity index (χ0v) is 15.0. The van der Waals surface area contributed by atoms with E-state index in [0.29, 0.717) is 23.9 Å². The first kappa shape index (κ1) is 16.8. The van der Waals surface area contributed by atoms with Gasteiger partial charge in [-0.25, -0.2) is 4.98 Å². The van der Waals surface area contributed by atoms with E-state index in [1.165, 1.54) is 11.9 Å². The molecule has 0 aliphatic rings. The summed E-state index contributed by atoms with van der Waals surface area (Å²) in [5.41, 5.74) is 7.93. The molecule has 3 aromatic carbocycles. The Balaban J connectivity index is 1.64. The van der Waals surface area contributed by atoms with Gasteiger partial charge in [0.15, 0.2) is 5.82 Å². The summed E-state index contributed by atoms with van der Waals surface area (Å²) in [6.07, 6.45) is 1.48. The largest absolute Gasteiger partial charge is 0.436 e. The van der Waals surface area contributed by atoms with Crippen molar-refractivity contribution < 1.29 is 4.74 Å². The van der Waals surface area contributed by atoms with Gasteiger partial charge in [0.2, 0.25) is 5.88 Å². The molecule has 0 fully saturated rings. The summed E-state index contributed by atoms with van der Waals surface area (Å²) >= 11 is 0. The highest BCUT2D eigenvalue weighted by atomic mass is 16.5. The van der Waals surface area contributed by atoms with Crippen molar-refractivity contribution >= 4 is 22.3 Å². The van der Waals surface area contributed by atoms with Gasteiger partial charge in [-0.1, -0.05) is 66.7 Å². The highest BCUT2D eigenvalue weighted by molar-refractivity contribution is 5.88. The summed E-state index contributed by atoms with van der Waals surface area (Å²) in [5, 5.41) is 2.11. The smallest absolute Gasteiger partial charge is 0.248 e. The maximum Gasteiger partial charge on any atom is 0.248 e. The SMILES string of the molecule is CN(Cc1ccccc1)c1ncnc(Oc2cccc3ccccc23)c1N. The monoisotopic (exact) mass is 356 g/mol. The van der Waals surface area contributed by atoms with Crippen molar-refractivity contribution in [2.24, 2.45) is 0 Å². The molecule has 0 unspecified atom stereocenters. The molecule has 1 heterocycles. The topological polar surface area (TPSA) is 64.3 Å². The number of nitrogens with zero attached hydrogens (tertiary/aromatic N) is 3. The summed E-state index contributed by atoms with van der Waals surface area (Å²) in [4.78, 5) is 10.6. The third kappa shape index (κ3) is 3.53. The molecule has 0 spiro atoms. The van der Waals surface area contributed by atoms with Crippen LogP contribution in [0.25, 0.3) is 10.8 Å². The van der Waals surface area contributed by atoms with Gasteiger partial charge in [0.05, 0.1) is 0 Å². The quantitative estimate of drug-likeness (QED) is 0.564. The van der Waals surface area contributed by atoms with E-state index in [-0.39, 0.29) is 0 Å². The first-order chi connectivity index (χ1) is 13.2. The minimum Gasteiger partial charge on any atom is -0.436 e. The summed E-state index contributed by atoms with van der Waals surface area (Å²) in [5.74, 6) is 1.72. The van der Waals surface area contributed by atoms with Gasteiger partial charge in [-0.05, 0) is 17.0 Å². The lowest BCUT2D eigenvalue weighted by molar-refractivity contribution is 0.469. The Morgan fingerprint density at radius 2 is 1.63 bits per heavy atom. The second kappa shape index (κ2) is 7.33. The highest BCUT2D eigenvalue weighted by Crippen LogP contribution is 2.34. The molecule has 0 aliphatic carbocycles. The van der Waals surface area contributed by atoms with E-state index in [9.17, 15) is 0 Å². The molecule has 0 aliphatic heterocycles. The molecule has 5 nitrogen and oxygen atoms in total. The summed E-state index contributed by atoms with van der Waals surface area (Å²) in [6, 6.07) is 24.1. The van der Waals surface area contributed by atoms with Gasteiger partial charge in [-0.15, -0.1) is 0 Å². The van der Waals surface area contributed by atoms with E-state index in [2.05, 4.69) is 22.1 Å². The first-order valence-electron chi connectivity index (χ1n) is 8.73. The summed E-state index contributed by atoms with van der Waals surface area (Å²) < 4.78 is 6.06. The summed E-state index contributed by atoms with van der Waals surface area (Å²) in [6.45, 7) is 0.690. The van der Waals surface area contributed by atoms with Gasteiger partial charge in [-0.3, -0.25) is 0 Å². The van der Waals surface area contributed by atoms with Crippen molar-refractivity contribution in [2.75, 3.05) is 17.7 Å². The second-order valence-corrected chi connectivity index (χ2v) is 6.34. The zero-order valence-electron chi connectivity index (χ0n) is 15.0. The Labute approximate surface area is 158 Å². The molecule has 0 saturated heterocycles. The molecule has 134 valence electrons. The van der Waals surface area contributed by atoms with E-state index in [1.807, 2.05) is 72.6 Å². The normalized spacial score (nSPS) is 10.7. The number of benzene rings is 3. The lowest BCUT2D eigenvalue weighted by Crippen LogP contribution is -2.19. The number of fused-ring (bicyclic) bond motifs is 1. The number of nitrogens with two attached hydrogens (primary N) is 1. The maximum atomic E-state index is 6.34. The number of aromatic nitrogens is 2. The Hall–Kier alpha value is -3.60. The average Bonchev–Trinajstić information content (AvgIpc) is 2.70. The van der Waals surface area contributed by atoms with Gasteiger partial charge in [-0.2, -0.15) is 4.98 Å². The lowest BCUT2D eigenvalue weighted by Gasteiger charge is -2.20. The molecular weight excluding hydrogens is 336 g/mol. The standard InChI is InChI=1S/C22H20N4O/c1-26(14-16-8-3-2-4-9-16)21-20(23)22(25-15-24-21)27-19-13-7-11-17-10-5-6-12-18(17)19/h2-13,15H,14,23H2,1H3. The first-order valence-corrected chi connectivity index (χ1v) is 8.73. The fourth-order valence-corrected chi connectivity index (χ4v) is 3.08. The van der Waals surface area contributed by atoms with Gasteiger partial charge in [0.1, 0.15) is 17.8 Å². The Morgan fingerprint density at radius 3 is 2.48 bits per heavy atom. The number of hydrogen-bond acceptors (Lipinski definition) is 5. The minimum atomic E-state index is 0.358. The van der Waals surface area contributed by atoms with Crippen LogP contribution in [0.4, 0.5) is 11.5 Å². The molecule has 5 heteroatoms. The van der Waals surface area contributed by atoms with Crippen molar-refractivity contribution in [3.8, 4) is 11.6 Å². The molecule has 1 aromatic heterocycles. The van der Waals surface area contributed by atoms with Crippen LogP contribution in [0, 0.1) is 0 Å². The number of hydrogen-bond donors (Lipinski definition) is 1. The molecule has 0 saturated carbocycles. The van der Waals surface area contributed by atoms with Crippen LogP contribution in [0.15, 0.2) is 79.1 Å². The summed E-state index contributed by atoms with van der Waals surface area (Å²) in [7, 11) is 1.95. The van der Waals surface area contributed by atoms with Crippen molar-refractivity contribution in [1.29, 1.82) is 0 Å². The molecule has 27 heavy (non-hydrogen) atoms. The second-order valence-electron chi connectivity index (χ2n) is 6.34. The van der Waals surface area contributed by atoms with E-state index >= 15 is 0 Å². The van der Waals surface area contributed by atoms with Crippen molar-refractivity contribution in [3.63, 3.8) is 0 Å². The van der Waals surface area contributed by atoms with Crippen LogP contribution in [0.5, 0.6) is 11.6 Å². The average molecular weight is 356 g/mol. The highest BCUT2D eigenvalue weighted by Gasteiger charge is 2.15. The van der Waals surface area contributed by atoms with E-state index < -0.39 is 0 Å². The van der Waals surface area contributed by atoms with Crippen LogP contribution >= 0.6 is 0 Å². The van der Waals surface area contributed by atoms with Gasteiger partial charge >= 0.3 is 0 Å². The van der Waals surface area contributed by atoms with Crippen LogP contribution in [0.2, 0.25) is 0 Å². The third-order valence-corrected chi connectivity index (χ3v) is 4.41. The molecule has 0 radical (unpaired) electrons. The Bertz CT molecular complexity index is 1060. The van der Waals surface area contributed by atoms with Crippen LogP contribution in [0.1, 0.15) is 5.56 Å². The fourth-order valence-electron chi connectivity index (χ4n) is 3.08. The maximum absolute atomic E-state index is 6.34.